The summed E-state index contributed by atoms with van der Waals surface area (Å²) in [6, 6.07) is 8.20. The van der Waals surface area contributed by atoms with E-state index >= 15 is 0 Å². The molecule has 0 fully saturated rings. The van der Waals surface area contributed by atoms with Crippen molar-refractivity contribution in [2.75, 3.05) is 13.1 Å². The summed E-state index contributed by atoms with van der Waals surface area (Å²) in [5, 5.41) is 8.97. The Balaban J connectivity index is 2.15. The predicted molar refractivity (Wildman–Crippen MR) is 76.4 cm³/mol. The van der Waals surface area contributed by atoms with Crippen molar-refractivity contribution >= 4 is 11.9 Å². The van der Waals surface area contributed by atoms with Gasteiger partial charge in [0.25, 0.3) is 0 Å². The summed E-state index contributed by atoms with van der Waals surface area (Å²) in [4.78, 5) is 25.1. The van der Waals surface area contributed by atoms with Crippen LogP contribution in [0.4, 0.5) is 0 Å². The van der Waals surface area contributed by atoms with Crippen LogP contribution in [0.1, 0.15) is 25.0 Å². The van der Waals surface area contributed by atoms with Crippen LogP contribution in [0, 0.1) is 0 Å². The molecule has 1 aliphatic rings. The molecule has 0 saturated heterocycles. The summed E-state index contributed by atoms with van der Waals surface area (Å²) in [6.07, 6.45) is 1.64. The van der Waals surface area contributed by atoms with Gasteiger partial charge in [-0.05, 0) is 37.8 Å². The highest BCUT2D eigenvalue weighted by molar-refractivity contribution is 6.01. The third-order valence-corrected chi connectivity index (χ3v) is 3.91. The molecule has 4 nitrogen and oxygen atoms in total. The molecule has 20 heavy (non-hydrogen) atoms. The second kappa shape index (κ2) is 5.90. The Kier molecular flexibility index (Phi) is 4.23. The Morgan fingerprint density at radius 3 is 1.95 bits per heavy atom. The Hall–Kier alpha value is -2.10. The number of carboxylic acid groups (broad SMARTS) is 1. The maximum atomic E-state index is 12.4. The molecule has 1 amide bonds. The molecule has 1 aromatic carbocycles. The number of hydrogen-bond donors (Lipinski definition) is 1. The van der Waals surface area contributed by atoms with Crippen LogP contribution in [0.3, 0.4) is 0 Å². The number of carboxylic acids is 1. The van der Waals surface area contributed by atoms with Gasteiger partial charge in [-0.3, -0.25) is 4.79 Å². The highest BCUT2D eigenvalue weighted by Crippen LogP contribution is 2.17. The Morgan fingerprint density at radius 2 is 1.50 bits per heavy atom. The predicted octanol–water partition coefficient (Wildman–Crippen LogP) is 2.03. The van der Waals surface area contributed by atoms with Gasteiger partial charge in [-0.2, -0.15) is 0 Å². The van der Waals surface area contributed by atoms with Gasteiger partial charge < -0.3 is 10.0 Å². The van der Waals surface area contributed by atoms with E-state index in [1.54, 1.807) is 11.8 Å². The van der Waals surface area contributed by atoms with Crippen molar-refractivity contribution in [2.45, 2.75) is 26.7 Å². The van der Waals surface area contributed by atoms with Gasteiger partial charge in [0, 0.05) is 24.2 Å². The van der Waals surface area contributed by atoms with Crippen molar-refractivity contribution in [1.29, 1.82) is 0 Å². The Morgan fingerprint density at radius 1 is 1.00 bits per heavy atom. The lowest BCUT2D eigenvalue weighted by Crippen LogP contribution is -2.34. The molecule has 0 radical (unpaired) electrons. The van der Waals surface area contributed by atoms with Gasteiger partial charge in [0.2, 0.25) is 5.91 Å². The van der Waals surface area contributed by atoms with Crippen molar-refractivity contribution in [3.8, 4) is 0 Å². The van der Waals surface area contributed by atoms with Crippen molar-refractivity contribution in [3.05, 3.63) is 46.5 Å². The summed E-state index contributed by atoms with van der Waals surface area (Å²) < 4.78 is 0. The van der Waals surface area contributed by atoms with Gasteiger partial charge in [-0.15, -0.1) is 0 Å². The number of amides is 1. The van der Waals surface area contributed by atoms with Crippen LogP contribution in [0.2, 0.25) is 0 Å². The highest BCUT2D eigenvalue weighted by atomic mass is 16.4. The van der Waals surface area contributed by atoms with Crippen LogP contribution in [0.25, 0.3) is 0 Å². The minimum atomic E-state index is -1.03. The summed E-state index contributed by atoms with van der Waals surface area (Å²) in [7, 11) is 0. The van der Waals surface area contributed by atoms with Gasteiger partial charge in [0.15, 0.2) is 0 Å². The van der Waals surface area contributed by atoms with Gasteiger partial charge in [0.05, 0.1) is 0 Å². The van der Waals surface area contributed by atoms with E-state index in [0.29, 0.717) is 18.7 Å². The first-order valence-electron chi connectivity index (χ1n) is 6.77. The van der Waals surface area contributed by atoms with Crippen molar-refractivity contribution in [3.63, 3.8) is 0 Å². The number of carbonyl (C=O) groups is 2. The highest BCUT2D eigenvalue weighted by Gasteiger charge is 2.21. The molecule has 1 N–H and O–H groups in total. The van der Waals surface area contributed by atoms with E-state index in [1.165, 1.54) is 18.1 Å². The van der Waals surface area contributed by atoms with E-state index < -0.39 is 5.97 Å². The lowest BCUT2D eigenvalue weighted by molar-refractivity contribution is -0.133. The molecule has 0 spiro atoms. The number of hydrogen-bond acceptors (Lipinski definition) is 2. The van der Waals surface area contributed by atoms with Crippen LogP contribution in [0.5, 0.6) is 0 Å². The second-order valence-electron chi connectivity index (χ2n) is 5.12. The summed E-state index contributed by atoms with van der Waals surface area (Å²) in [5.74, 6) is -1.20. The Bertz CT molecular complexity index is 548. The summed E-state index contributed by atoms with van der Waals surface area (Å²) >= 11 is 0. The fraction of sp³-hybridized carbons (Fsp3) is 0.375. The molecule has 4 heteroatoms. The SMILES string of the molecule is CC(C(=O)O)=C(C)C(=O)N1CCc2ccccc2CC1. The quantitative estimate of drug-likeness (QED) is 0.839. The average molecular weight is 273 g/mol. The second-order valence-corrected chi connectivity index (χ2v) is 5.12. The molecule has 1 aromatic rings. The minimum absolute atomic E-state index is 0.122. The van der Waals surface area contributed by atoms with E-state index in [9.17, 15) is 9.59 Å². The normalized spacial score (nSPS) is 16.0. The molecule has 0 bridgehead atoms. The van der Waals surface area contributed by atoms with Gasteiger partial charge in [-0.25, -0.2) is 4.79 Å². The van der Waals surface area contributed by atoms with Gasteiger partial charge >= 0.3 is 5.97 Å². The maximum Gasteiger partial charge on any atom is 0.331 e. The molecule has 1 aliphatic heterocycles. The minimum Gasteiger partial charge on any atom is -0.478 e. The van der Waals surface area contributed by atoms with Crippen LogP contribution < -0.4 is 0 Å². The molecule has 0 aromatic heterocycles. The molecular formula is C16H19NO3. The maximum absolute atomic E-state index is 12.4. The monoisotopic (exact) mass is 273 g/mol. The lowest BCUT2D eigenvalue weighted by Gasteiger charge is -2.21. The zero-order valence-electron chi connectivity index (χ0n) is 11.8. The van der Waals surface area contributed by atoms with Crippen molar-refractivity contribution in [1.82, 2.24) is 4.90 Å². The fourth-order valence-electron chi connectivity index (χ4n) is 2.43. The standard InChI is InChI=1S/C16H19NO3/c1-11(12(2)16(19)20)15(18)17-9-7-13-5-3-4-6-14(13)8-10-17/h3-6H,7-10H2,1-2H3,(H,19,20). The zero-order valence-corrected chi connectivity index (χ0v) is 11.8. The first kappa shape index (κ1) is 14.3. The van der Waals surface area contributed by atoms with Crippen molar-refractivity contribution < 1.29 is 14.7 Å². The largest absolute Gasteiger partial charge is 0.478 e. The molecule has 0 aliphatic carbocycles. The van der Waals surface area contributed by atoms with E-state index in [1.807, 2.05) is 12.1 Å². The van der Waals surface area contributed by atoms with E-state index in [0.717, 1.165) is 12.8 Å². The molecule has 0 atom stereocenters. The molecule has 0 unspecified atom stereocenters. The zero-order chi connectivity index (χ0) is 14.7. The number of fused-ring (bicyclic) bond motifs is 1. The molecule has 2 rings (SSSR count). The molecule has 1 heterocycles. The molecule has 0 saturated carbocycles. The lowest BCUT2D eigenvalue weighted by atomic mass is 10.0. The smallest absolute Gasteiger partial charge is 0.331 e. The van der Waals surface area contributed by atoms with Crippen molar-refractivity contribution in [2.24, 2.45) is 0 Å². The number of nitrogens with zero attached hydrogens (tertiary/aromatic N) is 1. The Labute approximate surface area is 118 Å². The number of benzene rings is 1. The third kappa shape index (κ3) is 2.90. The van der Waals surface area contributed by atoms with Crippen LogP contribution >= 0.6 is 0 Å². The van der Waals surface area contributed by atoms with Gasteiger partial charge in [0.1, 0.15) is 0 Å². The molecular weight excluding hydrogens is 254 g/mol. The van der Waals surface area contributed by atoms with E-state index in [-0.39, 0.29) is 11.5 Å². The summed E-state index contributed by atoms with van der Waals surface area (Å²) in [6.45, 7) is 4.34. The van der Waals surface area contributed by atoms with E-state index in [2.05, 4.69) is 12.1 Å². The van der Waals surface area contributed by atoms with Crippen LogP contribution in [-0.4, -0.2) is 35.0 Å². The average Bonchev–Trinajstić information content (AvgIpc) is 2.67. The molecule has 106 valence electrons. The number of rotatable bonds is 2. The first-order valence-corrected chi connectivity index (χ1v) is 6.77. The third-order valence-electron chi connectivity index (χ3n) is 3.91. The van der Waals surface area contributed by atoms with Gasteiger partial charge in [-0.1, -0.05) is 24.3 Å². The van der Waals surface area contributed by atoms with Crippen LogP contribution in [-0.2, 0) is 22.4 Å². The topological polar surface area (TPSA) is 57.6 Å². The summed E-state index contributed by atoms with van der Waals surface area (Å²) in [5.41, 5.74) is 3.00. The van der Waals surface area contributed by atoms with Crippen LogP contribution in [0.15, 0.2) is 35.4 Å². The number of aliphatic carboxylic acids is 1. The number of carbonyl (C=O) groups excluding carboxylic acids is 1. The first-order chi connectivity index (χ1) is 9.50. The van der Waals surface area contributed by atoms with E-state index in [4.69, 9.17) is 5.11 Å². The fourth-order valence-corrected chi connectivity index (χ4v) is 2.43.